The summed E-state index contributed by atoms with van der Waals surface area (Å²) in [7, 11) is 0. The summed E-state index contributed by atoms with van der Waals surface area (Å²) in [5, 5.41) is 14.6. The van der Waals surface area contributed by atoms with Crippen molar-refractivity contribution >= 4 is 23.3 Å². The zero-order valence-corrected chi connectivity index (χ0v) is 15.2. The number of hydrogen-bond donors (Lipinski definition) is 2. The van der Waals surface area contributed by atoms with Crippen LogP contribution >= 0.6 is 0 Å². The van der Waals surface area contributed by atoms with Crippen LogP contribution in [0.1, 0.15) is 19.8 Å². The van der Waals surface area contributed by atoms with Gasteiger partial charge in [-0.05, 0) is 18.8 Å². The third-order valence-corrected chi connectivity index (χ3v) is 4.97. The number of nitrogen functional groups attached to an aromatic ring is 1. The van der Waals surface area contributed by atoms with E-state index < -0.39 is 4.92 Å². The summed E-state index contributed by atoms with van der Waals surface area (Å²) in [6.07, 6.45) is 1.97. The lowest BCUT2D eigenvalue weighted by Crippen LogP contribution is -2.39. The van der Waals surface area contributed by atoms with Gasteiger partial charge in [0, 0.05) is 39.3 Å². The van der Waals surface area contributed by atoms with E-state index in [9.17, 15) is 10.1 Å². The van der Waals surface area contributed by atoms with E-state index in [4.69, 9.17) is 10.5 Å². The highest BCUT2D eigenvalue weighted by Gasteiger charge is 2.29. The third-order valence-electron chi connectivity index (χ3n) is 4.97. The minimum Gasteiger partial charge on any atom is -0.379 e. The molecule has 26 heavy (non-hydrogen) atoms. The van der Waals surface area contributed by atoms with Crippen molar-refractivity contribution in [2.75, 3.05) is 68.4 Å². The molecule has 0 aliphatic carbocycles. The molecule has 0 unspecified atom stereocenters. The summed E-state index contributed by atoms with van der Waals surface area (Å²) in [5.74, 6) is 1.20. The zero-order valence-electron chi connectivity index (χ0n) is 15.2. The van der Waals surface area contributed by atoms with Crippen LogP contribution in [0.3, 0.4) is 0 Å². The van der Waals surface area contributed by atoms with Gasteiger partial charge in [0.05, 0.1) is 18.1 Å². The predicted molar refractivity (Wildman–Crippen MR) is 99.5 cm³/mol. The molecular formula is C16H27N7O3. The first kappa shape index (κ1) is 18.6. The monoisotopic (exact) mass is 365 g/mol. The molecule has 2 saturated heterocycles. The topological polar surface area (TPSA) is 123 Å². The maximum atomic E-state index is 11.5. The fraction of sp³-hybridized carbons (Fsp3) is 0.750. The van der Waals surface area contributed by atoms with Crippen molar-refractivity contribution in [3.8, 4) is 0 Å². The van der Waals surface area contributed by atoms with Gasteiger partial charge in [-0.1, -0.05) is 6.92 Å². The molecule has 2 aliphatic rings. The van der Waals surface area contributed by atoms with Crippen LogP contribution in [0.4, 0.5) is 23.3 Å². The van der Waals surface area contributed by atoms with E-state index >= 15 is 0 Å². The normalized spacial score (nSPS) is 19.5. The van der Waals surface area contributed by atoms with Crippen LogP contribution in [0.2, 0.25) is 0 Å². The summed E-state index contributed by atoms with van der Waals surface area (Å²) >= 11 is 0. The number of piperidine rings is 1. The Morgan fingerprint density at radius 3 is 2.62 bits per heavy atom. The van der Waals surface area contributed by atoms with Gasteiger partial charge in [-0.2, -0.15) is 9.97 Å². The SMILES string of the molecule is CC1CCN(c2nc(NCCN3CCOCC3)nc(N)c2[N+](=O)[O-])CC1. The molecule has 0 atom stereocenters. The molecular weight excluding hydrogens is 338 g/mol. The van der Waals surface area contributed by atoms with Crippen molar-refractivity contribution in [3.05, 3.63) is 10.1 Å². The number of nitro groups is 1. The van der Waals surface area contributed by atoms with Crippen LogP contribution in [0.15, 0.2) is 0 Å². The first-order valence-corrected chi connectivity index (χ1v) is 9.15. The van der Waals surface area contributed by atoms with Gasteiger partial charge < -0.3 is 20.7 Å². The number of morpholine rings is 1. The Kier molecular flexibility index (Phi) is 6.04. The Hall–Kier alpha value is -2.20. The van der Waals surface area contributed by atoms with E-state index in [1.807, 2.05) is 4.90 Å². The summed E-state index contributed by atoms with van der Waals surface area (Å²) in [5.41, 5.74) is 5.69. The molecule has 3 heterocycles. The lowest BCUT2D eigenvalue weighted by molar-refractivity contribution is -0.383. The van der Waals surface area contributed by atoms with Gasteiger partial charge >= 0.3 is 5.69 Å². The van der Waals surface area contributed by atoms with Crippen molar-refractivity contribution in [2.24, 2.45) is 5.92 Å². The number of anilines is 3. The van der Waals surface area contributed by atoms with Crippen molar-refractivity contribution in [1.82, 2.24) is 14.9 Å². The Morgan fingerprint density at radius 2 is 1.96 bits per heavy atom. The lowest BCUT2D eigenvalue weighted by atomic mass is 9.99. The second kappa shape index (κ2) is 8.45. The fourth-order valence-corrected chi connectivity index (χ4v) is 3.31. The molecule has 0 aromatic carbocycles. The quantitative estimate of drug-likeness (QED) is 0.560. The third kappa shape index (κ3) is 4.50. The number of ether oxygens (including phenoxy) is 1. The molecule has 0 radical (unpaired) electrons. The zero-order chi connectivity index (χ0) is 18.5. The van der Waals surface area contributed by atoms with Gasteiger partial charge in [-0.25, -0.2) is 0 Å². The van der Waals surface area contributed by atoms with Gasteiger partial charge in [-0.3, -0.25) is 15.0 Å². The van der Waals surface area contributed by atoms with Crippen LogP contribution in [0.5, 0.6) is 0 Å². The number of aromatic nitrogens is 2. The maximum absolute atomic E-state index is 11.5. The van der Waals surface area contributed by atoms with E-state index in [0.29, 0.717) is 24.2 Å². The molecule has 3 rings (SSSR count). The number of nitrogens with two attached hydrogens (primary N) is 1. The average molecular weight is 365 g/mol. The summed E-state index contributed by atoms with van der Waals surface area (Å²) in [6, 6.07) is 0. The Morgan fingerprint density at radius 1 is 1.27 bits per heavy atom. The summed E-state index contributed by atoms with van der Waals surface area (Å²) < 4.78 is 5.33. The smallest absolute Gasteiger partial charge is 0.353 e. The van der Waals surface area contributed by atoms with Crippen molar-refractivity contribution in [3.63, 3.8) is 0 Å². The minimum absolute atomic E-state index is 0.0903. The second-order valence-electron chi connectivity index (χ2n) is 6.91. The molecule has 2 fully saturated rings. The van der Waals surface area contributed by atoms with Crippen molar-refractivity contribution in [2.45, 2.75) is 19.8 Å². The molecule has 1 aromatic heterocycles. The Labute approximate surface area is 152 Å². The number of nitrogens with one attached hydrogen (secondary N) is 1. The van der Waals surface area contributed by atoms with Crippen LogP contribution in [0.25, 0.3) is 0 Å². The number of rotatable bonds is 6. The molecule has 2 aliphatic heterocycles. The first-order chi connectivity index (χ1) is 12.5. The van der Waals surface area contributed by atoms with Crippen LogP contribution < -0.4 is 16.0 Å². The molecule has 144 valence electrons. The van der Waals surface area contributed by atoms with E-state index in [0.717, 1.165) is 58.8 Å². The highest BCUT2D eigenvalue weighted by Crippen LogP contribution is 2.34. The van der Waals surface area contributed by atoms with Crippen LogP contribution in [-0.2, 0) is 4.74 Å². The highest BCUT2D eigenvalue weighted by molar-refractivity contribution is 5.71. The van der Waals surface area contributed by atoms with Gasteiger partial charge in [0.1, 0.15) is 0 Å². The largest absolute Gasteiger partial charge is 0.379 e. The van der Waals surface area contributed by atoms with Crippen molar-refractivity contribution in [1.29, 1.82) is 0 Å². The van der Waals surface area contributed by atoms with Gasteiger partial charge in [0.2, 0.25) is 17.6 Å². The van der Waals surface area contributed by atoms with E-state index in [-0.39, 0.29) is 11.5 Å². The van der Waals surface area contributed by atoms with Gasteiger partial charge in [0.15, 0.2) is 0 Å². The molecule has 0 spiro atoms. The van der Waals surface area contributed by atoms with E-state index in [2.05, 4.69) is 27.1 Å². The summed E-state index contributed by atoms with van der Waals surface area (Å²) in [4.78, 5) is 23.7. The average Bonchev–Trinajstić information content (AvgIpc) is 2.62. The maximum Gasteiger partial charge on any atom is 0.353 e. The highest BCUT2D eigenvalue weighted by atomic mass is 16.6. The van der Waals surface area contributed by atoms with E-state index in [1.165, 1.54) is 0 Å². The molecule has 0 bridgehead atoms. The number of hydrogen-bond acceptors (Lipinski definition) is 9. The molecule has 3 N–H and O–H groups in total. The standard InChI is InChI=1S/C16H27N7O3/c1-12-2-5-22(6-3-12)15-13(23(24)25)14(17)19-16(20-15)18-4-7-21-8-10-26-11-9-21/h12H,2-11H2,1H3,(H3,17,18,19,20). The van der Waals surface area contributed by atoms with Crippen LogP contribution in [0, 0.1) is 16.0 Å². The van der Waals surface area contributed by atoms with Crippen molar-refractivity contribution < 1.29 is 9.66 Å². The second-order valence-corrected chi connectivity index (χ2v) is 6.91. The molecule has 10 nitrogen and oxygen atoms in total. The van der Waals surface area contributed by atoms with Gasteiger partial charge in [0.25, 0.3) is 0 Å². The summed E-state index contributed by atoms with van der Waals surface area (Å²) in [6.45, 7) is 8.46. The Bertz CT molecular complexity index is 629. The van der Waals surface area contributed by atoms with E-state index in [1.54, 1.807) is 0 Å². The fourth-order valence-electron chi connectivity index (χ4n) is 3.31. The molecule has 1 aromatic rings. The van der Waals surface area contributed by atoms with Crippen LogP contribution in [-0.4, -0.2) is 72.3 Å². The molecule has 10 heteroatoms. The number of nitrogens with zero attached hydrogens (tertiary/aromatic N) is 5. The molecule has 0 amide bonds. The molecule has 0 saturated carbocycles. The first-order valence-electron chi connectivity index (χ1n) is 9.15. The Balaban J connectivity index is 1.71. The lowest BCUT2D eigenvalue weighted by Gasteiger charge is -2.31. The van der Waals surface area contributed by atoms with Gasteiger partial charge in [-0.15, -0.1) is 0 Å². The predicted octanol–water partition coefficient (Wildman–Crippen LogP) is 0.947. The minimum atomic E-state index is -0.486.